The quantitative estimate of drug-likeness (QED) is 0.452. The van der Waals surface area contributed by atoms with Gasteiger partial charge in [0, 0.05) is 0 Å². The SMILES string of the molecule is [O]=[Cr]([O-])[O-].[Pb+2]. The Balaban J connectivity index is 0. The summed E-state index contributed by atoms with van der Waals surface area (Å²) >= 11 is -3.79. The molecule has 0 N–H and O–H groups in total. The minimum atomic E-state index is -3.79. The fourth-order valence-corrected chi connectivity index (χ4v) is 0. The molecule has 2 radical (unpaired) electrons. The van der Waals surface area contributed by atoms with Crippen LogP contribution in [0.4, 0.5) is 0 Å². The van der Waals surface area contributed by atoms with Gasteiger partial charge in [-0.3, -0.25) is 0 Å². The maximum Gasteiger partial charge on any atom is 2.00 e. The Kier molecular flexibility index (Phi) is 9.82. The van der Waals surface area contributed by atoms with Crippen LogP contribution in [0.25, 0.3) is 0 Å². The summed E-state index contributed by atoms with van der Waals surface area (Å²) in [5.41, 5.74) is 0. The molecular weight excluding hydrogens is 307 g/mol. The van der Waals surface area contributed by atoms with Gasteiger partial charge in [-0.15, -0.1) is 0 Å². The van der Waals surface area contributed by atoms with Crippen LogP contribution in [0.5, 0.6) is 0 Å². The first kappa shape index (κ1) is 9.49. The van der Waals surface area contributed by atoms with Crippen LogP contribution in [0.1, 0.15) is 0 Å². The van der Waals surface area contributed by atoms with Crippen LogP contribution in [-0.2, 0) is 18.6 Å². The number of hydrogen-bond acceptors (Lipinski definition) is 3. The largest absolute Gasteiger partial charge is 2.00 e. The minimum absolute atomic E-state index is 0. The van der Waals surface area contributed by atoms with Crippen LogP contribution in [0.3, 0.4) is 0 Å². The van der Waals surface area contributed by atoms with Crippen molar-refractivity contribution >= 4 is 27.3 Å². The van der Waals surface area contributed by atoms with E-state index in [1.165, 1.54) is 0 Å². The second kappa shape index (κ2) is 5.17. The van der Waals surface area contributed by atoms with Gasteiger partial charge in [-0.05, 0) is 0 Å². The van der Waals surface area contributed by atoms with Gasteiger partial charge in [0.1, 0.15) is 0 Å². The van der Waals surface area contributed by atoms with Gasteiger partial charge in [0.25, 0.3) is 0 Å². The van der Waals surface area contributed by atoms with Crippen molar-refractivity contribution in [1.29, 1.82) is 0 Å². The normalized spacial score (nSPS) is 7.00. The summed E-state index contributed by atoms with van der Waals surface area (Å²) < 4.78 is 25.6. The molecule has 0 aliphatic heterocycles. The molecule has 0 unspecified atom stereocenters. The zero-order valence-electron chi connectivity index (χ0n) is 2.13. The number of hydrogen-bond donors (Lipinski definition) is 0. The molecule has 0 atom stereocenters. The molecule has 0 aromatic carbocycles. The van der Waals surface area contributed by atoms with Crippen molar-refractivity contribution in [3.63, 3.8) is 0 Å². The van der Waals surface area contributed by atoms with Crippen LogP contribution < -0.4 is 8.32 Å². The van der Waals surface area contributed by atoms with Gasteiger partial charge in [-0.25, -0.2) is 0 Å². The Morgan fingerprint density at radius 3 is 1.40 bits per heavy atom. The Bertz CT molecular complexity index is 29.9. The molecule has 28 valence electrons. The van der Waals surface area contributed by atoms with Crippen LogP contribution in [-0.4, -0.2) is 27.3 Å². The molecule has 0 bridgehead atoms. The molecule has 0 aliphatic carbocycles. The summed E-state index contributed by atoms with van der Waals surface area (Å²) in [6.45, 7) is 0. The Hall–Kier alpha value is 1.17. The Morgan fingerprint density at radius 2 is 1.40 bits per heavy atom. The van der Waals surface area contributed by atoms with E-state index >= 15 is 0 Å². The third kappa shape index (κ3) is 37.8. The fraction of sp³-hybridized carbons (Fsp3) is 0. The molecule has 0 saturated carbocycles. The fourth-order valence-electron chi connectivity index (χ4n) is 0. The second-order valence-electron chi connectivity index (χ2n) is 0.204. The summed E-state index contributed by atoms with van der Waals surface area (Å²) in [7, 11) is 0. The zero-order valence-corrected chi connectivity index (χ0v) is 7.30. The molecule has 3 nitrogen and oxygen atoms in total. The van der Waals surface area contributed by atoms with Gasteiger partial charge >= 0.3 is 54.2 Å². The Morgan fingerprint density at radius 1 is 1.40 bits per heavy atom. The van der Waals surface area contributed by atoms with Gasteiger partial charge < -0.3 is 0 Å². The predicted octanol–water partition coefficient (Wildman–Crippen LogP) is -2.88. The summed E-state index contributed by atoms with van der Waals surface area (Å²) in [5.74, 6) is 0. The van der Waals surface area contributed by atoms with Crippen LogP contribution in [0, 0.1) is 0 Å². The second-order valence-corrected chi connectivity index (χ2v) is 0.842. The van der Waals surface area contributed by atoms with Gasteiger partial charge in [-0.2, -0.15) is 0 Å². The average Bonchev–Trinajstić information content (AvgIpc) is 0.811. The molecule has 5 heteroatoms. The smallest absolute Gasteiger partial charge is 2.00 e. The summed E-state index contributed by atoms with van der Waals surface area (Å²) in [4.78, 5) is 0. The maximum atomic E-state index is 8.54. The van der Waals surface area contributed by atoms with E-state index in [-0.39, 0.29) is 27.3 Å². The molecule has 5 heavy (non-hydrogen) atoms. The van der Waals surface area contributed by atoms with E-state index in [2.05, 4.69) is 0 Å². The molecular formula is CrO3Pb. The minimum Gasteiger partial charge on any atom is 2.00 e. The molecule has 0 saturated heterocycles. The maximum absolute atomic E-state index is 8.54. The van der Waals surface area contributed by atoms with Crippen molar-refractivity contribution in [2.24, 2.45) is 0 Å². The monoisotopic (exact) mass is 308 g/mol. The molecule has 0 aliphatic rings. The topological polar surface area (TPSA) is 63.2 Å². The van der Waals surface area contributed by atoms with Crippen molar-refractivity contribution in [3.05, 3.63) is 0 Å². The van der Waals surface area contributed by atoms with Crippen molar-refractivity contribution in [3.8, 4) is 0 Å². The first-order valence-electron chi connectivity index (χ1n) is 0.500. The Labute approximate surface area is 54.0 Å². The predicted molar refractivity (Wildman–Crippen MR) is 6.44 cm³/mol. The first-order valence-corrected chi connectivity index (χ1v) is 2.06. The third-order valence-corrected chi connectivity index (χ3v) is 0. The third-order valence-electron chi connectivity index (χ3n) is 0. The van der Waals surface area contributed by atoms with E-state index in [0.717, 1.165) is 0 Å². The van der Waals surface area contributed by atoms with E-state index in [9.17, 15) is 0 Å². The molecule has 0 rings (SSSR count). The van der Waals surface area contributed by atoms with Crippen molar-refractivity contribution < 1.29 is 26.9 Å². The van der Waals surface area contributed by atoms with E-state index < -0.39 is 14.8 Å². The number of rotatable bonds is 0. The van der Waals surface area contributed by atoms with Crippen molar-refractivity contribution in [1.82, 2.24) is 0 Å². The van der Waals surface area contributed by atoms with Crippen LogP contribution >= 0.6 is 0 Å². The molecule has 0 aromatic heterocycles. The van der Waals surface area contributed by atoms with Gasteiger partial charge in [-0.1, -0.05) is 0 Å². The first-order chi connectivity index (χ1) is 1.73. The molecule has 0 amide bonds. The van der Waals surface area contributed by atoms with Crippen LogP contribution in [0.2, 0.25) is 0 Å². The van der Waals surface area contributed by atoms with Gasteiger partial charge in [0.15, 0.2) is 0 Å². The molecule has 0 spiro atoms. The van der Waals surface area contributed by atoms with E-state index in [1.807, 2.05) is 0 Å². The standard InChI is InChI=1S/Cr.3O.Pb/q;;2*-1;+2. The molecule has 0 aromatic rings. The van der Waals surface area contributed by atoms with Gasteiger partial charge in [0.2, 0.25) is 0 Å². The van der Waals surface area contributed by atoms with Crippen molar-refractivity contribution in [2.75, 3.05) is 0 Å². The van der Waals surface area contributed by atoms with Gasteiger partial charge in [0.05, 0.1) is 0 Å². The van der Waals surface area contributed by atoms with E-state index in [1.54, 1.807) is 0 Å². The summed E-state index contributed by atoms with van der Waals surface area (Å²) in [6, 6.07) is 0. The zero-order chi connectivity index (χ0) is 3.58. The summed E-state index contributed by atoms with van der Waals surface area (Å²) in [6.07, 6.45) is 0. The van der Waals surface area contributed by atoms with E-state index in [4.69, 9.17) is 12.1 Å². The molecule has 0 heterocycles. The average molecular weight is 307 g/mol. The van der Waals surface area contributed by atoms with Crippen LogP contribution in [0.15, 0.2) is 0 Å². The van der Waals surface area contributed by atoms with E-state index in [0.29, 0.717) is 0 Å². The van der Waals surface area contributed by atoms with Crippen molar-refractivity contribution in [2.45, 2.75) is 0 Å². The molecule has 0 fully saturated rings. The summed E-state index contributed by atoms with van der Waals surface area (Å²) in [5, 5.41) is 0.